The minimum atomic E-state index is 0.129. The van der Waals surface area contributed by atoms with Gasteiger partial charge in [-0.25, -0.2) is 0 Å². The molecule has 0 radical (unpaired) electrons. The van der Waals surface area contributed by atoms with E-state index in [0.29, 0.717) is 0 Å². The first-order valence-corrected chi connectivity index (χ1v) is 7.38. The molecule has 0 spiro atoms. The highest BCUT2D eigenvalue weighted by Crippen LogP contribution is 2.32. The van der Waals surface area contributed by atoms with Gasteiger partial charge in [-0.15, -0.1) is 10.2 Å². The lowest BCUT2D eigenvalue weighted by molar-refractivity contribution is 0.0729. The summed E-state index contributed by atoms with van der Waals surface area (Å²) in [5, 5.41) is 12.3. The maximum atomic E-state index is 6.14. The first-order valence-electron chi connectivity index (χ1n) is 7.38. The predicted molar refractivity (Wildman–Crippen MR) is 74.4 cm³/mol. The first-order chi connectivity index (χ1) is 9.20. The Hall–Kier alpha value is -1.01. The van der Waals surface area contributed by atoms with Crippen molar-refractivity contribution in [2.45, 2.75) is 57.5 Å². The Bertz CT molecular complexity index is 380. The molecule has 0 aliphatic heterocycles. The largest absolute Gasteiger partial charge is 0.329 e. The molecule has 0 saturated heterocycles. The van der Waals surface area contributed by atoms with Crippen molar-refractivity contribution in [1.82, 2.24) is 25.1 Å². The zero-order valence-electron chi connectivity index (χ0n) is 12.2. The van der Waals surface area contributed by atoms with E-state index in [-0.39, 0.29) is 5.54 Å². The fourth-order valence-corrected chi connectivity index (χ4v) is 3.21. The summed E-state index contributed by atoms with van der Waals surface area (Å²) in [4.78, 5) is 3.97. The van der Waals surface area contributed by atoms with Gasteiger partial charge in [0.15, 0.2) is 5.82 Å². The number of rotatable bonds is 5. The third-order valence-electron chi connectivity index (χ3n) is 4.35. The third-order valence-corrected chi connectivity index (χ3v) is 4.35. The molecule has 0 aromatic carbocycles. The summed E-state index contributed by atoms with van der Waals surface area (Å²) in [6, 6.07) is 0. The molecule has 2 N–H and O–H groups in total. The van der Waals surface area contributed by atoms with Crippen molar-refractivity contribution in [3.05, 3.63) is 5.82 Å². The molecular formula is C13H26N6. The second-order valence-corrected chi connectivity index (χ2v) is 5.55. The molecule has 1 fully saturated rings. The predicted octanol–water partition coefficient (Wildman–Crippen LogP) is 1.08. The molecule has 6 nitrogen and oxygen atoms in total. The van der Waals surface area contributed by atoms with Gasteiger partial charge in [0.25, 0.3) is 0 Å². The lowest BCUT2D eigenvalue weighted by Gasteiger charge is -2.42. The van der Waals surface area contributed by atoms with Crippen molar-refractivity contribution in [2.24, 2.45) is 12.8 Å². The fraction of sp³-hybridized carbons (Fsp3) is 0.923. The molecule has 19 heavy (non-hydrogen) atoms. The molecule has 1 aliphatic rings. The van der Waals surface area contributed by atoms with E-state index in [1.165, 1.54) is 43.3 Å². The number of nitrogens with two attached hydrogens (primary N) is 1. The summed E-state index contributed by atoms with van der Waals surface area (Å²) in [6.45, 7) is 4.65. The number of hydrogen-bond acceptors (Lipinski definition) is 5. The zero-order valence-corrected chi connectivity index (χ0v) is 12.2. The van der Waals surface area contributed by atoms with Crippen LogP contribution in [0.25, 0.3) is 0 Å². The Balaban J connectivity index is 2.12. The molecule has 1 aromatic rings. The van der Waals surface area contributed by atoms with Crippen molar-refractivity contribution in [3.8, 4) is 0 Å². The van der Waals surface area contributed by atoms with Crippen LogP contribution in [0.4, 0.5) is 0 Å². The number of hydrogen-bond donors (Lipinski definition) is 1. The average molecular weight is 266 g/mol. The average Bonchev–Trinajstić information content (AvgIpc) is 2.69. The van der Waals surface area contributed by atoms with Crippen LogP contribution in [-0.2, 0) is 13.6 Å². The van der Waals surface area contributed by atoms with Crippen LogP contribution in [0.1, 0.15) is 51.3 Å². The molecule has 0 unspecified atom stereocenters. The molecular weight excluding hydrogens is 240 g/mol. The minimum Gasteiger partial charge on any atom is -0.329 e. The number of nitrogens with zero attached hydrogens (tertiary/aromatic N) is 5. The quantitative estimate of drug-likeness (QED) is 0.807. The lowest BCUT2D eigenvalue weighted by atomic mass is 9.88. The molecule has 1 aromatic heterocycles. The van der Waals surface area contributed by atoms with Gasteiger partial charge in [0, 0.05) is 12.1 Å². The van der Waals surface area contributed by atoms with E-state index in [0.717, 1.165) is 25.5 Å². The van der Waals surface area contributed by atoms with Crippen LogP contribution < -0.4 is 5.73 Å². The Morgan fingerprint density at radius 2 is 1.95 bits per heavy atom. The summed E-state index contributed by atoms with van der Waals surface area (Å²) in [5.74, 6) is 0.793. The first kappa shape index (κ1) is 14.4. The smallest absolute Gasteiger partial charge is 0.188 e. The summed E-state index contributed by atoms with van der Waals surface area (Å²) < 4.78 is 0. The van der Waals surface area contributed by atoms with Gasteiger partial charge >= 0.3 is 0 Å². The molecule has 1 heterocycles. The summed E-state index contributed by atoms with van der Waals surface area (Å²) in [7, 11) is 1.80. The van der Waals surface area contributed by atoms with Gasteiger partial charge in [-0.3, -0.25) is 4.90 Å². The number of tetrazole rings is 1. The normalized spacial score (nSPS) is 19.6. The standard InChI is InChI=1S/C13H26N6/c1-3-19(10-12-15-17-18(2)16-12)13(11-14)8-6-4-5-7-9-13/h3-11,14H2,1-2H3. The van der Waals surface area contributed by atoms with Gasteiger partial charge < -0.3 is 5.73 Å². The third kappa shape index (κ3) is 3.30. The van der Waals surface area contributed by atoms with E-state index in [2.05, 4.69) is 27.2 Å². The second-order valence-electron chi connectivity index (χ2n) is 5.55. The minimum absolute atomic E-state index is 0.129. The zero-order chi connectivity index (χ0) is 13.7. The molecule has 0 amide bonds. The number of aryl methyl sites for hydroxylation is 1. The highest BCUT2D eigenvalue weighted by Gasteiger charge is 2.35. The van der Waals surface area contributed by atoms with E-state index in [9.17, 15) is 0 Å². The number of likely N-dealkylation sites (N-methyl/N-ethyl adjacent to an activating group) is 1. The maximum absolute atomic E-state index is 6.14. The fourth-order valence-electron chi connectivity index (χ4n) is 3.21. The Kier molecular flexibility index (Phi) is 4.87. The molecule has 0 bridgehead atoms. The van der Waals surface area contributed by atoms with Crippen molar-refractivity contribution in [2.75, 3.05) is 13.1 Å². The van der Waals surface area contributed by atoms with Crippen molar-refractivity contribution < 1.29 is 0 Å². The van der Waals surface area contributed by atoms with Gasteiger partial charge in [0.2, 0.25) is 0 Å². The highest BCUT2D eigenvalue weighted by atomic mass is 15.6. The highest BCUT2D eigenvalue weighted by molar-refractivity contribution is 4.94. The van der Waals surface area contributed by atoms with Crippen LogP contribution in [0.3, 0.4) is 0 Å². The van der Waals surface area contributed by atoms with Crippen LogP contribution in [-0.4, -0.2) is 43.7 Å². The number of aromatic nitrogens is 4. The molecule has 1 aliphatic carbocycles. The van der Waals surface area contributed by atoms with Crippen LogP contribution in [0.15, 0.2) is 0 Å². The second kappa shape index (κ2) is 6.43. The molecule has 108 valence electrons. The Labute approximate surface area is 115 Å². The van der Waals surface area contributed by atoms with E-state index in [1.54, 1.807) is 7.05 Å². The van der Waals surface area contributed by atoms with Gasteiger partial charge in [-0.1, -0.05) is 32.6 Å². The molecule has 1 saturated carbocycles. The Morgan fingerprint density at radius 3 is 2.42 bits per heavy atom. The van der Waals surface area contributed by atoms with Crippen LogP contribution >= 0.6 is 0 Å². The van der Waals surface area contributed by atoms with E-state index in [1.807, 2.05) is 0 Å². The molecule has 2 rings (SSSR count). The van der Waals surface area contributed by atoms with Crippen molar-refractivity contribution in [1.29, 1.82) is 0 Å². The summed E-state index contributed by atoms with van der Waals surface area (Å²) >= 11 is 0. The van der Waals surface area contributed by atoms with Crippen molar-refractivity contribution >= 4 is 0 Å². The maximum Gasteiger partial charge on any atom is 0.188 e. The molecule has 6 heteroatoms. The van der Waals surface area contributed by atoms with Gasteiger partial charge in [-0.2, -0.15) is 4.80 Å². The monoisotopic (exact) mass is 266 g/mol. The van der Waals surface area contributed by atoms with E-state index >= 15 is 0 Å². The topological polar surface area (TPSA) is 72.9 Å². The van der Waals surface area contributed by atoms with Crippen molar-refractivity contribution in [3.63, 3.8) is 0 Å². The van der Waals surface area contributed by atoms with E-state index in [4.69, 9.17) is 5.73 Å². The lowest BCUT2D eigenvalue weighted by Crippen LogP contribution is -2.53. The van der Waals surface area contributed by atoms with Gasteiger partial charge in [-0.05, 0) is 24.6 Å². The van der Waals surface area contributed by atoms with Crippen LogP contribution in [0.2, 0.25) is 0 Å². The SMILES string of the molecule is CCN(Cc1nnn(C)n1)C1(CN)CCCCCC1. The van der Waals surface area contributed by atoms with Crippen LogP contribution in [0.5, 0.6) is 0 Å². The Morgan fingerprint density at radius 1 is 1.26 bits per heavy atom. The van der Waals surface area contributed by atoms with Crippen LogP contribution in [0, 0.1) is 0 Å². The summed E-state index contributed by atoms with van der Waals surface area (Å²) in [6.07, 6.45) is 7.61. The molecule has 0 atom stereocenters. The summed E-state index contributed by atoms with van der Waals surface area (Å²) in [5.41, 5.74) is 6.27. The van der Waals surface area contributed by atoms with Gasteiger partial charge in [0.1, 0.15) is 0 Å². The van der Waals surface area contributed by atoms with E-state index < -0.39 is 0 Å². The van der Waals surface area contributed by atoms with Gasteiger partial charge in [0.05, 0.1) is 13.6 Å².